The topological polar surface area (TPSA) is 97.3 Å². The normalized spacial score (nSPS) is 13.0. The lowest BCUT2D eigenvalue weighted by atomic mass is 10.0. The smallest absolute Gasteiger partial charge is 0.497 e. The van der Waals surface area contributed by atoms with E-state index in [4.69, 9.17) is 26.2 Å². The van der Waals surface area contributed by atoms with Crippen LogP contribution in [0.15, 0.2) is 60.7 Å². The molecule has 1 aliphatic heterocycles. The summed E-state index contributed by atoms with van der Waals surface area (Å²) in [6.45, 7) is 0.427. The number of alkyl halides is 3. The fourth-order valence-electron chi connectivity index (χ4n) is 4.32. The van der Waals surface area contributed by atoms with Gasteiger partial charge in [-0.1, -0.05) is 37.2 Å². The number of aliphatic carboxylic acids is 1. The Hall–Kier alpha value is -4.12. The number of methoxy groups -OCH3 is 1. The SMILES string of the molecule is C.COc1cc(NC(C(=O)N2CCc3ccc(OC(F)(F)F)cc32)c2ccc(Cl)cc2)cc(OCCCC(=O)O)c1. The number of hydrogen-bond acceptors (Lipinski definition) is 6. The maximum Gasteiger partial charge on any atom is 0.573 e. The minimum Gasteiger partial charge on any atom is -0.497 e. The Morgan fingerprint density at radius 1 is 1.05 bits per heavy atom. The predicted molar refractivity (Wildman–Crippen MR) is 149 cm³/mol. The van der Waals surface area contributed by atoms with Gasteiger partial charge in [-0.15, -0.1) is 13.2 Å². The highest BCUT2D eigenvalue weighted by Gasteiger charge is 2.34. The molecule has 0 saturated heterocycles. The van der Waals surface area contributed by atoms with E-state index in [0.717, 1.165) is 5.56 Å². The Bertz CT molecular complexity index is 1370. The van der Waals surface area contributed by atoms with Crippen LogP contribution in [0, 0.1) is 0 Å². The van der Waals surface area contributed by atoms with Crippen LogP contribution in [-0.2, 0) is 16.0 Å². The van der Waals surface area contributed by atoms with Gasteiger partial charge in [0.15, 0.2) is 0 Å². The summed E-state index contributed by atoms with van der Waals surface area (Å²) >= 11 is 6.07. The number of carboxylic acid groups (broad SMARTS) is 1. The number of carbonyl (C=O) groups excluding carboxylic acids is 1. The number of fused-ring (bicyclic) bond motifs is 1. The molecule has 0 spiro atoms. The molecule has 2 N–H and O–H groups in total. The van der Waals surface area contributed by atoms with Crippen molar-refractivity contribution in [3.05, 3.63) is 76.8 Å². The molecule has 1 atom stereocenters. The summed E-state index contributed by atoms with van der Waals surface area (Å²) in [5.74, 6) is -0.922. The van der Waals surface area contributed by atoms with Gasteiger partial charge in [-0.05, 0) is 42.2 Å². The number of hydrogen-bond donors (Lipinski definition) is 2. The van der Waals surface area contributed by atoms with Gasteiger partial charge < -0.3 is 29.5 Å². The molecule has 1 heterocycles. The number of amides is 1. The van der Waals surface area contributed by atoms with E-state index in [2.05, 4.69) is 10.1 Å². The number of rotatable bonds is 11. The second-order valence-electron chi connectivity index (χ2n) is 8.95. The number of nitrogens with one attached hydrogen (secondary N) is 1. The molecule has 0 bridgehead atoms. The fourth-order valence-corrected chi connectivity index (χ4v) is 4.45. The van der Waals surface area contributed by atoms with E-state index in [-0.39, 0.29) is 27.0 Å². The standard InChI is InChI=1S/C28H26ClF3N2O6.CH4/c1-38-22-13-20(14-23(15-22)39-12-2-3-25(35)36)33-26(18-4-7-19(29)8-5-18)27(37)34-11-10-17-6-9-21(16-24(17)34)40-28(30,31)32;/h4-9,13-16,26,33H,2-3,10-12H2,1H3,(H,35,36);1H4. The van der Waals surface area contributed by atoms with Crippen LogP contribution in [0.5, 0.6) is 17.2 Å². The Morgan fingerprint density at radius 3 is 2.41 bits per heavy atom. The van der Waals surface area contributed by atoms with Gasteiger partial charge in [-0.25, -0.2) is 0 Å². The van der Waals surface area contributed by atoms with Crippen LogP contribution in [0.2, 0.25) is 5.02 Å². The van der Waals surface area contributed by atoms with Crippen LogP contribution in [-0.4, -0.2) is 43.6 Å². The molecule has 0 aromatic heterocycles. The maximum atomic E-state index is 14.0. The third-order valence-corrected chi connectivity index (χ3v) is 6.38. The summed E-state index contributed by atoms with van der Waals surface area (Å²) in [5.41, 5.74) is 2.09. The van der Waals surface area contributed by atoms with Crippen molar-refractivity contribution < 1.29 is 42.1 Å². The fraction of sp³-hybridized carbons (Fsp3) is 0.310. The zero-order valence-electron chi connectivity index (χ0n) is 21.3. The van der Waals surface area contributed by atoms with E-state index < -0.39 is 30.0 Å². The number of halogens is 4. The second kappa shape index (κ2) is 13.5. The lowest BCUT2D eigenvalue weighted by Crippen LogP contribution is -2.37. The van der Waals surface area contributed by atoms with Crippen molar-refractivity contribution in [2.45, 2.75) is 39.1 Å². The van der Waals surface area contributed by atoms with E-state index in [1.54, 1.807) is 42.5 Å². The van der Waals surface area contributed by atoms with Gasteiger partial charge in [0.25, 0.3) is 5.91 Å². The minimum atomic E-state index is -4.87. The molecule has 220 valence electrons. The number of carbonyl (C=O) groups is 2. The molecular formula is C29H30ClF3N2O6. The first-order valence-electron chi connectivity index (χ1n) is 12.3. The van der Waals surface area contributed by atoms with Gasteiger partial charge in [-0.2, -0.15) is 0 Å². The first-order valence-corrected chi connectivity index (χ1v) is 12.7. The van der Waals surface area contributed by atoms with Crippen LogP contribution in [0.1, 0.15) is 37.4 Å². The summed E-state index contributed by atoms with van der Waals surface area (Å²) in [4.78, 5) is 26.2. The second-order valence-corrected chi connectivity index (χ2v) is 9.39. The zero-order chi connectivity index (χ0) is 28.9. The average Bonchev–Trinajstić information content (AvgIpc) is 3.32. The average molecular weight is 595 g/mol. The van der Waals surface area contributed by atoms with Crippen LogP contribution in [0.25, 0.3) is 0 Å². The van der Waals surface area contributed by atoms with E-state index in [0.29, 0.717) is 46.3 Å². The van der Waals surface area contributed by atoms with Crippen molar-refractivity contribution in [2.75, 3.05) is 30.5 Å². The molecule has 3 aromatic rings. The van der Waals surface area contributed by atoms with Gasteiger partial charge in [0, 0.05) is 47.9 Å². The number of carboxylic acids is 1. The lowest BCUT2D eigenvalue weighted by molar-refractivity contribution is -0.274. The Balaban J connectivity index is 0.00000462. The van der Waals surface area contributed by atoms with Gasteiger partial charge >= 0.3 is 12.3 Å². The molecule has 12 heteroatoms. The number of nitrogens with zero attached hydrogens (tertiary/aromatic N) is 1. The number of ether oxygens (including phenoxy) is 3. The molecule has 8 nitrogen and oxygen atoms in total. The minimum absolute atomic E-state index is 0. The molecule has 0 aliphatic carbocycles. The molecule has 0 saturated carbocycles. The summed E-state index contributed by atoms with van der Waals surface area (Å²) in [7, 11) is 1.47. The first kappa shape index (κ1) is 31.4. The van der Waals surface area contributed by atoms with E-state index in [1.165, 1.54) is 30.2 Å². The molecule has 3 aromatic carbocycles. The molecule has 0 radical (unpaired) electrons. The lowest BCUT2D eigenvalue weighted by Gasteiger charge is -2.26. The highest BCUT2D eigenvalue weighted by Crippen LogP contribution is 2.37. The highest BCUT2D eigenvalue weighted by molar-refractivity contribution is 6.30. The zero-order valence-corrected chi connectivity index (χ0v) is 22.1. The van der Waals surface area contributed by atoms with Crippen molar-refractivity contribution in [3.63, 3.8) is 0 Å². The van der Waals surface area contributed by atoms with Crippen LogP contribution < -0.4 is 24.4 Å². The van der Waals surface area contributed by atoms with Crippen molar-refractivity contribution >= 4 is 34.9 Å². The Morgan fingerprint density at radius 2 is 1.76 bits per heavy atom. The van der Waals surface area contributed by atoms with Crippen LogP contribution in [0.3, 0.4) is 0 Å². The Kier molecular flexibility index (Phi) is 10.3. The first-order chi connectivity index (χ1) is 19.0. The predicted octanol–water partition coefficient (Wildman–Crippen LogP) is 6.87. The van der Waals surface area contributed by atoms with Crippen molar-refractivity contribution in [2.24, 2.45) is 0 Å². The van der Waals surface area contributed by atoms with Crippen molar-refractivity contribution in [3.8, 4) is 17.2 Å². The van der Waals surface area contributed by atoms with E-state index >= 15 is 0 Å². The summed E-state index contributed by atoms with van der Waals surface area (Å²) < 4.78 is 53.6. The van der Waals surface area contributed by atoms with Crippen molar-refractivity contribution in [1.82, 2.24) is 0 Å². The van der Waals surface area contributed by atoms with E-state index in [9.17, 15) is 22.8 Å². The highest BCUT2D eigenvalue weighted by atomic mass is 35.5. The van der Waals surface area contributed by atoms with E-state index in [1.807, 2.05) is 0 Å². The molecule has 1 unspecified atom stereocenters. The largest absolute Gasteiger partial charge is 0.573 e. The van der Waals surface area contributed by atoms with Crippen molar-refractivity contribution in [1.29, 1.82) is 0 Å². The molecule has 1 aliphatic rings. The van der Waals surface area contributed by atoms with Crippen LogP contribution >= 0.6 is 11.6 Å². The molecular weight excluding hydrogens is 565 g/mol. The van der Waals surface area contributed by atoms with Gasteiger partial charge in [0.05, 0.1) is 19.4 Å². The molecule has 4 rings (SSSR count). The summed E-state index contributed by atoms with van der Waals surface area (Å²) in [6.07, 6.45) is -4.14. The number of benzene rings is 3. The molecule has 1 amide bonds. The molecule has 41 heavy (non-hydrogen) atoms. The summed E-state index contributed by atoms with van der Waals surface area (Å²) in [6, 6.07) is 14.6. The molecule has 0 fully saturated rings. The number of anilines is 2. The quantitative estimate of drug-likeness (QED) is 0.234. The van der Waals surface area contributed by atoms with Crippen LogP contribution in [0.4, 0.5) is 24.5 Å². The Labute approximate surface area is 240 Å². The maximum absolute atomic E-state index is 14.0. The third-order valence-electron chi connectivity index (χ3n) is 6.13. The monoisotopic (exact) mass is 594 g/mol. The summed E-state index contributed by atoms with van der Waals surface area (Å²) in [5, 5.41) is 12.5. The van der Waals surface area contributed by atoms with Gasteiger partial charge in [0.1, 0.15) is 23.3 Å². The van der Waals surface area contributed by atoms with Gasteiger partial charge in [-0.3, -0.25) is 9.59 Å². The van der Waals surface area contributed by atoms with Gasteiger partial charge in [0.2, 0.25) is 0 Å². The third kappa shape index (κ3) is 8.43.